The number of anilines is 1. The Balaban J connectivity index is 1.58. The molecule has 29 heavy (non-hydrogen) atoms. The summed E-state index contributed by atoms with van der Waals surface area (Å²) in [5.41, 5.74) is 2.54. The minimum absolute atomic E-state index is 0.0252. The van der Waals surface area contributed by atoms with Gasteiger partial charge in [0.25, 0.3) is 6.01 Å². The van der Waals surface area contributed by atoms with Crippen molar-refractivity contribution in [3.8, 4) is 11.1 Å². The van der Waals surface area contributed by atoms with E-state index in [9.17, 15) is 4.79 Å². The average molecular weight is 418 g/mol. The molecular formula is C21H24ClN3O4. The molecule has 3 aromatic rings. The molecule has 1 aliphatic rings. The zero-order valence-corrected chi connectivity index (χ0v) is 17.7. The van der Waals surface area contributed by atoms with Crippen LogP contribution in [0.5, 0.6) is 0 Å². The van der Waals surface area contributed by atoms with Crippen LogP contribution in [0.2, 0.25) is 5.02 Å². The number of furan rings is 1. The van der Waals surface area contributed by atoms with Gasteiger partial charge in [0, 0.05) is 41.8 Å². The number of carbonyl (C=O) groups excluding carboxylic acids is 1. The Kier molecular flexibility index (Phi) is 4.94. The van der Waals surface area contributed by atoms with E-state index in [2.05, 4.69) is 9.88 Å². The van der Waals surface area contributed by atoms with Crippen LogP contribution in [0.15, 0.2) is 39.6 Å². The largest absolute Gasteiger partial charge is 0.472 e. The van der Waals surface area contributed by atoms with Crippen LogP contribution in [-0.2, 0) is 4.74 Å². The predicted molar refractivity (Wildman–Crippen MR) is 111 cm³/mol. The lowest BCUT2D eigenvalue weighted by Crippen LogP contribution is -2.54. The van der Waals surface area contributed by atoms with Crippen molar-refractivity contribution in [3.05, 3.63) is 35.7 Å². The first-order chi connectivity index (χ1) is 13.7. The molecule has 0 N–H and O–H groups in total. The fourth-order valence-corrected chi connectivity index (χ4v) is 3.69. The number of benzene rings is 1. The molecule has 1 saturated heterocycles. The lowest BCUT2D eigenvalue weighted by molar-refractivity contribution is 0.0216. The zero-order valence-electron chi connectivity index (χ0n) is 16.9. The molecule has 0 bridgehead atoms. The zero-order chi connectivity index (χ0) is 20.8. The number of hydrogen-bond acceptors (Lipinski definition) is 6. The number of amides is 1. The van der Waals surface area contributed by atoms with Gasteiger partial charge in [0.15, 0.2) is 5.58 Å². The maximum Gasteiger partial charge on any atom is 0.410 e. The first-order valence-electron chi connectivity index (χ1n) is 9.58. The Bertz CT molecular complexity index is 1020. The number of carbonyl (C=O) groups is 1. The highest BCUT2D eigenvalue weighted by Gasteiger charge is 2.32. The fraction of sp³-hybridized carbons (Fsp3) is 0.429. The Labute approximate surface area is 174 Å². The van der Waals surface area contributed by atoms with Crippen molar-refractivity contribution in [2.24, 2.45) is 0 Å². The van der Waals surface area contributed by atoms with E-state index in [4.69, 9.17) is 25.2 Å². The second-order valence-electron chi connectivity index (χ2n) is 8.28. The van der Waals surface area contributed by atoms with Crippen molar-refractivity contribution in [3.63, 3.8) is 0 Å². The summed E-state index contributed by atoms with van der Waals surface area (Å²) in [5, 5.41) is 0.580. The average Bonchev–Trinajstić information content (AvgIpc) is 3.29. The molecule has 1 fully saturated rings. The highest BCUT2D eigenvalue weighted by Crippen LogP contribution is 2.35. The molecular weight excluding hydrogens is 394 g/mol. The van der Waals surface area contributed by atoms with Crippen molar-refractivity contribution >= 4 is 34.8 Å². The summed E-state index contributed by atoms with van der Waals surface area (Å²) in [6.07, 6.45) is 2.96. The lowest BCUT2D eigenvalue weighted by atomic mass is 10.1. The van der Waals surface area contributed by atoms with Crippen LogP contribution in [0.4, 0.5) is 10.8 Å². The van der Waals surface area contributed by atoms with Crippen molar-refractivity contribution < 1.29 is 18.4 Å². The van der Waals surface area contributed by atoms with Crippen LogP contribution in [-0.4, -0.2) is 47.3 Å². The van der Waals surface area contributed by atoms with E-state index in [-0.39, 0.29) is 12.1 Å². The summed E-state index contributed by atoms with van der Waals surface area (Å²) in [7, 11) is 0. The maximum absolute atomic E-state index is 12.4. The third-order valence-electron chi connectivity index (χ3n) is 4.80. The minimum atomic E-state index is -0.513. The molecule has 2 aromatic heterocycles. The van der Waals surface area contributed by atoms with Gasteiger partial charge in [-0.1, -0.05) is 11.6 Å². The minimum Gasteiger partial charge on any atom is -0.472 e. The van der Waals surface area contributed by atoms with Gasteiger partial charge in [-0.05, 0) is 45.9 Å². The Morgan fingerprint density at radius 3 is 2.76 bits per heavy atom. The molecule has 0 radical (unpaired) electrons. The van der Waals surface area contributed by atoms with E-state index in [0.29, 0.717) is 41.8 Å². The first-order valence-corrected chi connectivity index (χ1v) is 9.96. The van der Waals surface area contributed by atoms with E-state index >= 15 is 0 Å². The number of aromatic nitrogens is 1. The lowest BCUT2D eigenvalue weighted by Gasteiger charge is -2.39. The Hall–Kier alpha value is -2.67. The summed E-state index contributed by atoms with van der Waals surface area (Å²) < 4.78 is 16.8. The summed E-state index contributed by atoms with van der Waals surface area (Å²) >= 11 is 6.29. The number of halogens is 1. The fourth-order valence-electron chi connectivity index (χ4n) is 3.48. The van der Waals surface area contributed by atoms with Crippen molar-refractivity contribution in [2.75, 3.05) is 24.5 Å². The van der Waals surface area contributed by atoms with Crippen molar-refractivity contribution in [1.29, 1.82) is 0 Å². The standard InChI is InChI=1S/C21H24ClN3O4/c1-13-11-24(20(26)29-21(2,3)4)6-7-25(13)19-23-17-10-15(22)9-16(18(17)28-19)14-5-8-27-12-14/h5,8-10,12-13H,6-7,11H2,1-4H3/t13-/m0/s1. The normalized spacial score (nSPS) is 17.8. The van der Waals surface area contributed by atoms with E-state index in [0.717, 1.165) is 11.1 Å². The molecule has 1 aliphatic heterocycles. The van der Waals surface area contributed by atoms with Gasteiger partial charge in [-0.3, -0.25) is 0 Å². The van der Waals surface area contributed by atoms with Crippen LogP contribution >= 0.6 is 11.6 Å². The Morgan fingerprint density at radius 2 is 2.10 bits per heavy atom. The number of piperazine rings is 1. The second kappa shape index (κ2) is 7.30. The summed E-state index contributed by atoms with van der Waals surface area (Å²) in [5.74, 6) is 0. The molecule has 7 nitrogen and oxygen atoms in total. The molecule has 1 amide bonds. The topological polar surface area (TPSA) is 72.0 Å². The molecule has 3 heterocycles. The van der Waals surface area contributed by atoms with Crippen LogP contribution in [0.3, 0.4) is 0 Å². The maximum atomic E-state index is 12.4. The number of ether oxygens (including phenoxy) is 1. The SMILES string of the molecule is C[C@H]1CN(C(=O)OC(C)(C)C)CCN1c1nc2cc(Cl)cc(-c3ccoc3)c2o1. The van der Waals surface area contributed by atoms with E-state index in [1.54, 1.807) is 23.5 Å². The number of hydrogen-bond donors (Lipinski definition) is 0. The van der Waals surface area contributed by atoms with Gasteiger partial charge in [0.1, 0.15) is 11.1 Å². The molecule has 0 spiro atoms. The number of oxazole rings is 1. The van der Waals surface area contributed by atoms with Gasteiger partial charge in [0.2, 0.25) is 0 Å². The van der Waals surface area contributed by atoms with E-state index in [1.165, 1.54) is 0 Å². The molecule has 0 unspecified atom stereocenters. The molecule has 154 valence electrons. The highest BCUT2D eigenvalue weighted by molar-refractivity contribution is 6.31. The molecule has 8 heteroatoms. The number of nitrogens with zero attached hydrogens (tertiary/aromatic N) is 3. The van der Waals surface area contributed by atoms with Gasteiger partial charge < -0.3 is 23.4 Å². The molecule has 4 rings (SSSR count). The van der Waals surface area contributed by atoms with Crippen LogP contribution in [0.25, 0.3) is 22.2 Å². The van der Waals surface area contributed by atoms with E-state index in [1.807, 2.05) is 39.8 Å². The van der Waals surface area contributed by atoms with Gasteiger partial charge >= 0.3 is 6.09 Å². The quantitative estimate of drug-likeness (QED) is 0.571. The van der Waals surface area contributed by atoms with Crippen molar-refractivity contribution in [2.45, 2.75) is 39.3 Å². The number of rotatable bonds is 2. The highest BCUT2D eigenvalue weighted by atomic mass is 35.5. The third-order valence-corrected chi connectivity index (χ3v) is 5.02. The summed E-state index contributed by atoms with van der Waals surface area (Å²) in [6.45, 7) is 9.30. The van der Waals surface area contributed by atoms with Crippen LogP contribution in [0.1, 0.15) is 27.7 Å². The number of fused-ring (bicyclic) bond motifs is 1. The summed E-state index contributed by atoms with van der Waals surface area (Å²) in [4.78, 5) is 20.8. The molecule has 1 atom stereocenters. The summed E-state index contributed by atoms with van der Waals surface area (Å²) in [6, 6.07) is 6.03. The van der Waals surface area contributed by atoms with Crippen LogP contribution < -0.4 is 4.90 Å². The van der Waals surface area contributed by atoms with Gasteiger partial charge in [-0.25, -0.2) is 4.79 Å². The smallest absolute Gasteiger partial charge is 0.410 e. The van der Waals surface area contributed by atoms with Gasteiger partial charge in [0.05, 0.1) is 12.5 Å². The third kappa shape index (κ3) is 4.05. The van der Waals surface area contributed by atoms with Crippen LogP contribution in [0, 0.1) is 0 Å². The van der Waals surface area contributed by atoms with E-state index < -0.39 is 5.60 Å². The first kappa shape index (κ1) is 19.6. The van der Waals surface area contributed by atoms with Crippen molar-refractivity contribution in [1.82, 2.24) is 9.88 Å². The second-order valence-corrected chi connectivity index (χ2v) is 8.72. The van der Waals surface area contributed by atoms with Gasteiger partial charge in [-0.2, -0.15) is 4.98 Å². The predicted octanol–water partition coefficient (Wildman–Crippen LogP) is 5.19. The molecule has 0 saturated carbocycles. The molecule has 1 aromatic carbocycles. The Morgan fingerprint density at radius 1 is 1.31 bits per heavy atom. The molecule has 0 aliphatic carbocycles. The van der Waals surface area contributed by atoms with Gasteiger partial charge in [-0.15, -0.1) is 0 Å². The monoisotopic (exact) mass is 417 g/mol.